The third-order valence-corrected chi connectivity index (χ3v) is 9.57. The van der Waals surface area contributed by atoms with Gasteiger partial charge in [0.15, 0.2) is 0 Å². The van der Waals surface area contributed by atoms with E-state index in [0.717, 1.165) is 37.2 Å². The predicted octanol–water partition coefficient (Wildman–Crippen LogP) is 3.89. The van der Waals surface area contributed by atoms with Gasteiger partial charge in [0, 0.05) is 31.6 Å². The van der Waals surface area contributed by atoms with Gasteiger partial charge in [-0.25, -0.2) is 0 Å². The van der Waals surface area contributed by atoms with Crippen LogP contribution in [0, 0.1) is 17.8 Å². The van der Waals surface area contributed by atoms with E-state index in [1.807, 2.05) is 37.3 Å². The number of hydrogen-bond donors (Lipinski definition) is 4. The summed E-state index contributed by atoms with van der Waals surface area (Å²) in [5.41, 5.74) is 4.27. The summed E-state index contributed by atoms with van der Waals surface area (Å²) in [4.78, 5) is 31.4. The summed E-state index contributed by atoms with van der Waals surface area (Å²) in [6.07, 6.45) is 4.35. The molecule has 2 aromatic rings. The van der Waals surface area contributed by atoms with Crippen molar-refractivity contribution in [2.24, 2.45) is 17.8 Å². The van der Waals surface area contributed by atoms with Crippen LogP contribution in [0.2, 0.25) is 0 Å². The van der Waals surface area contributed by atoms with Crippen LogP contribution in [-0.2, 0) is 16.1 Å². The molecule has 0 aromatic heterocycles. The maximum atomic E-state index is 13.9. The van der Waals surface area contributed by atoms with Crippen LogP contribution in [0.1, 0.15) is 56.6 Å². The highest BCUT2D eigenvalue weighted by Crippen LogP contribution is 2.47. The Hall–Kier alpha value is -3.30. The van der Waals surface area contributed by atoms with E-state index in [9.17, 15) is 30.0 Å². The van der Waals surface area contributed by atoms with Crippen LogP contribution in [0.25, 0.3) is 6.08 Å². The second-order valence-corrected chi connectivity index (χ2v) is 12.2. The van der Waals surface area contributed by atoms with Gasteiger partial charge >= 0.3 is 0 Å². The summed E-state index contributed by atoms with van der Waals surface area (Å²) >= 11 is 0. The molecular weight excluding hydrogens is 544 g/mol. The minimum absolute atomic E-state index is 0.183. The normalized spacial score (nSPS) is 24.5. The maximum Gasteiger partial charge on any atom is 0.234 e. The molecule has 2 amide bonds. The molecule has 2 fully saturated rings. The summed E-state index contributed by atoms with van der Waals surface area (Å²) in [5, 5.41) is 42.1. The van der Waals surface area contributed by atoms with Crippen LogP contribution >= 0.6 is 0 Å². The van der Waals surface area contributed by atoms with Crippen molar-refractivity contribution in [1.82, 2.24) is 9.80 Å². The molecule has 0 saturated carbocycles. The molecule has 0 spiro atoms. The third kappa shape index (κ3) is 6.78. The molecule has 2 aromatic carbocycles. The van der Waals surface area contributed by atoms with E-state index in [4.69, 9.17) is 0 Å². The highest BCUT2D eigenvalue weighted by atomic mass is 16.3. The zero-order valence-corrected chi connectivity index (χ0v) is 24.9. The van der Waals surface area contributed by atoms with Gasteiger partial charge in [0.25, 0.3) is 0 Å². The van der Waals surface area contributed by atoms with Crippen LogP contribution < -0.4 is 0 Å². The predicted molar refractivity (Wildman–Crippen MR) is 164 cm³/mol. The quantitative estimate of drug-likeness (QED) is 0.232. The lowest BCUT2D eigenvalue weighted by atomic mass is 9.68. The molecule has 0 radical (unpaired) electrons. The number of phenols is 1. The first kappa shape index (κ1) is 31.1. The number of amides is 2. The van der Waals surface area contributed by atoms with Gasteiger partial charge in [-0.05, 0) is 72.9 Å². The number of rotatable bonds is 11. The highest BCUT2D eigenvalue weighted by Gasteiger charge is 2.56. The molecule has 1 aliphatic carbocycles. The number of likely N-dealkylation sites (tertiary alicyclic amines) is 2. The number of aliphatic hydroxyl groups is 3. The molecule has 2 heterocycles. The van der Waals surface area contributed by atoms with E-state index >= 15 is 0 Å². The van der Waals surface area contributed by atoms with Gasteiger partial charge in [-0.1, -0.05) is 61.0 Å². The van der Waals surface area contributed by atoms with Crippen molar-refractivity contribution in [3.8, 4) is 5.75 Å². The number of benzene rings is 2. The molecule has 0 bridgehead atoms. The van der Waals surface area contributed by atoms with Gasteiger partial charge in [-0.3, -0.25) is 19.4 Å². The van der Waals surface area contributed by atoms with Crippen LogP contribution in [0.3, 0.4) is 0 Å². The Kier molecular flexibility index (Phi) is 10.1. The number of hydrogen-bond acceptors (Lipinski definition) is 7. The fraction of sp³-hybridized carbons (Fsp3) is 0.486. The molecule has 4 N–H and O–H groups in total. The Balaban J connectivity index is 1.27. The van der Waals surface area contributed by atoms with Crippen molar-refractivity contribution >= 4 is 17.9 Å². The first-order valence-corrected chi connectivity index (χ1v) is 15.6. The second-order valence-electron chi connectivity index (χ2n) is 12.2. The monoisotopic (exact) mass is 588 g/mol. The topological polar surface area (TPSA) is 122 Å². The fourth-order valence-electron chi connectivity index (χ4n) is 7.35. The molecule has 4 atom stereocenters. The maximum absolute atomic E-state index is 13.9. The van der Waals surface area contributed by atoms with Gasteiger partial charge in [-0.2, -0.15) is 0 Å². The number of carbonyl (C=O) groups excluding carboxylic acids is 2. The van der Waals surface area contributed by atoms with E-state index in [2.05, 4.69) is 17.0 Å². The Bertz CT molecular complexity index is 1350. The van der Waals surface area contributed by atoms with Crippen LogP contribution in [0.5, 0.6) is 5.75 Å². The smallest absolute Gasteiger partial charge is 0.234 e. The zero-order chi connectivity index (χ0) is 30.5. The number of aliphatic hydroxyl groups excluding tert-OH is 3. The van der Waals surface area contributed by atoms with Crippen LogP contribution in [0.15, 0.2) is 71.3 Å². The lowest BCUT2D eigenvalue weighted by molar-refractivity contribution is -0.144. The molecule has 8 nitrogen and oxygen atoms in total. The Morgan fingerprint density at radius 3 is 2.42 bits per heavy atom. The summed E-state index contributed by atoms with van der Waals surface area (Å²) < 4.78 is 0. The van der Waals surface area contributed by atoms with Crippen LogP contribution in [-0.4, -0.2) is 80.5 Å². The number of nitrogens with zero attached hydrogens (tertiary/aromatic N) is 2. The third-order valence-electron chi connectivity index (χ3n) is 9.57. The lowest BCUT2D eigenvalue weighted by Crippen LogP contribution is -2.47. The highest BCUT2D eigenvalue weighted by molar-refractivity contribution is 6.06. The summed E-state index contributed by atoms with van der Waals surface area (Å²) in [6.45, 7) is 3.74. The minimum Gasteiger partial charge on any atom is -0.508 e. The van der Waals surface area contributed by atoms with E-state index < -0.39 is 23.9 Å². The van der Waals surface area contributed by atoms with Gasteiger partial charge in [0.05, 0.1) is 31.2 Å². The average Bonchev–Trinajstić information content (AvgIpc) is 3.27. The summed E-state index contributed by atoms with van der Waals surface area (Å²) in [5.74, 6) is -2.34. The molecule has 3 aliphatic rings. The molecule has 8 heteroatoms. The SMILES string of the molecule is CC/C(=C\c1cccc(O)c1)CC[C@@H](O)C1=C(CO)C[C@H]2C(=O)N(C3CCN(Cc4ccccc4)CC3)C(=O)[C@H]2[C@H]1CO. The molecule has 2 saturated heterocycles. The fourth-order valence-corrected chi connectivity index (χ4v) is 7.35. The van der Waals surface area contributed by atoms with E-state index in [0.29, 0.717) is 36.8 Å². The van der Waals surface area contributed by atoms with E-state index in [1.165, 1.54) is 10.5 Å². The largest absolute Gasteiger partial charge is 0.508 e. The van der Waals surface area contributed by atoms with E-state index in [1.54, 1.807) is 18.2 Å². The van der Waals surface area contributed by atoms with E-state index in [-0.39, 0.29) is 43.2 Å². The zero-order valence-electron chi connectivity index (χ0n) is 24.9. The first-order chi connectivity index (χ1) is 20.8. The van der Waals surface area contributed by atoms with Crippen molar-refractivity contribution in [2.45, 2.75) is 64.1 Å². The number of phenolic OH excluding ortho intramolecular Hbond substituents is 1. The van der Waals surface area contributed by atoms with Gasteiger partial charge in [0.1, 0.15) is 5.75 Å². The van der Waals surface area contributed by atoms with Gasteiger partial charge < -0.3 is 20.4 Å². The molecule has 2 aliphatic heterocycles. The summed E-state index contributed by atoms with van der Waals surface area (Å²) in [6, 6.07) is 17.1. The van der Waals surface area contributed by atoms with Crippen LogP contribution in [0.4, 0.5) is 0 Å². The Morgan fingerprint density at radius 2 is 1.77 bits per heavy atom. The van der Waals surface area contributed by atoms with Crippen molar-refractivity contribution in [2.75, 3.05) is 26.3 Å². The van der Waals surface area contributed by atoms with Crippen molar-refractivity contribution < 1.29 is 30.0 Å². The summed E-state index contributed by atoms with van der Waals surface area (Å²) in [7, 11) is 0. The van der Waals surface area contributed by atoms with Gasteiger partial charge in [0.2, 0.25) is 11.8 Å². The Labute approximate surface area is 254 Å². The number of piperidine rings is 1. The minimum atomic E-state index is -0.961. The van der Waals surface area contributed by atoms with Crippen molar-refractivity contribution in [3.63, 3.8) is 0 Å². The Morgan fingerprint density at radius 1 is 1.02 bits per heavy atom. The number of allylic oxidation sites excluding steroid dienone is 1. The second kappa shape index (κ2) is 14.0. The standard InChI is InChI=1S/C35H44N2O6/c1-2-23(17-25-9-6-10-28(40)18-25)11-12-31(41)32-26(21-38)19-29-33(30(32)22-39)35(43)37(34(29)42)27-13-15-36(16-14-27)20-24-7-4-3-5-8-24/h3-10,17-18,27,29-31,33,38-41H,2,11-16,19-22H2,1H3/b23-17+/t29-,30+,31-,33-/m1/s1. The molecule has 0 unspecified atom stereocenters. The molecule has 43 heavy (non-hydrogen) atoms. The molecule has 230 valence electrons. The molecular formula is C35H44N2O6. The number of carbonyl (C=O) groups is 2. The number of aromatic hydroxyl groups is 1. The van der Waals surface area contributed by atoms with Crippen molar-refractivity contribution in [3.05, 3.63) is 82.4 Å². The van der Waals surface area contributed by atoms with Gasteiger partial charge in [-0.15, -0.1) is 0 Å². The average molecular weight is 589 g/mol. The number of fused-ring (bicyclic) bond motifs is 1. The first-order valence-electron chi connectivity index (χ1n) is 15.6. The lowest BCUT2D eigenvalue weighted by Gasteiger charge is -2.36. The van der Waals surface area contributed by atoms with Crippen molar-refractivity contribution in [1.29, 1.82) is 0 Å². The number of imide groups is 1. The molecule has 5 rings (SSSR count).